The number of aliphatic imine (C=N–C) groups is 1. The fourth-order valence-electron chi connectivity index (χ4n) is 2.41. The fraction of sp³-hybridized carbons (Fsp3) is 0.111. The summed E-state index contributed by atoms with van der Waals surface area (Å²) in [6.45, 7) is 1.90. The van der Waals surface area contributed by atoms with E-state index in [1.807, 2.05) is 19.1 Å². The van der Waals surface area contributed by atoms with Crippen LogP contribution >= 0.6 is 0 Å². The predicted molar refractivity (Wildman–Crippen MR) is 91.2 cm³/mol. The van der Waals surface area contributed by atoms with E-state index in [4.69, 9.17) is 4.74 Å². The molecule has 1 aromatic heterocycles. The third kappa shape index (κ3) is 3.08. The molecule has 0 aliphatic heterocycles. The van der Waals surface area contributed by atoms with Gasteiger partial charge in [-0.05, 0) is 36.8 Å². The molecule has 0 saturated heterocycles. The molecule has 1 heterocycles. The van der Waals surface area contributed by atoms with Crippen molar-refractivity contribution in [3.05, 3.63) is 63.9 Å². The first-order chi connectivity index (χ1) is 11.1. The van der Waals surface area contributed by atoms with Crippen LogP contribution in [0.5, 0.6) is 11.5 Å². The zero-order chi connectivity index (χ0) is 16.4. The van der Waals surface area contributed by atoms with Gasteiger partial charge in [-0.1, -0.05) is 6.07 Å². The van der Waals surface area contributed by atoms with Crippen molar-refractivity contribution in [2.75, 3.05) is 7.11 Å². The second kappa shape index (κ2) is 5.96. The predicted octanol–water partition coefficient (Wildman–Crippen LogP) is 3.30. The van der Waals surface area contributed by atoms with Gasteiger partial charge in [0.25, 0.3) is 0 Å². The Labute approximate surface area is 132 Å². The van der Waals surface area contributed by atoms with E-state index in [0.29, 0.717) is 17.0 Å². The summed E-state index contributed by atoms with van der Waals surface area (Å²) in [7, 11) is 1.54. The van der Waals surface area contributed by atoms with Crippen molar-refractivity contribution >= 4 is 22.8 Å². The number of phenols is 1. The number of methoxy groups -OCH3 is 1. The molecule has 5 nitrogen and oxygen atoms in total. The number of hydrogen-bond acceptors (Lipinski definition) is 4. The van der Waals surface area contributed by atoms with Gasteiger partial charge in [-0.25, -0.2) is 0 Å². The van der Waals surface area contributed by atoms with Gasteiger partial charge in [0.15, 0.2) is 0 Å². The van der Waals surface area contributed by atoms with Crippen LogP contribution in [0.25, 0.3) is 10.9 Å². The third-order valence-corrected chi connectivity index (χ3v) is 3.62. The number of aromatic nitrogens is 1. The summed E-state index contributed by atoms with van der Waals surface area (Å²) in [4.78, 5) is 18.7. The summed E-state index contributed by atoms with van der Waals surface area (Å²) >= 11 is 0. The van der Waals surface area contributed by atoms with Gasteiger partial charge in [0, 0.05) is 29.3 Å². The first kappa shape index (κ1) is 14.8. The number of rotatable bonds is 3. The van der Waals surface area contributed by atoms with Crippen molar-refractivity contribution in [3.8, 4) is 11.5 Å². The van der Waals surface area contributed by atoms with Crippen molar-refractivity contribution in [2.45, 2.75) is 6.92 Å². The van der Waals surface area contributed by atoms with Gasteiger partial charge in [0.05, 0.1) is 18.3 Å². The SMILES string of the molecule is COc1ccc(C=Nc2ccc3c(C)cc(=O)[nH]c3c2)c(O)c1. The number of fused-ring (bicyclic) bond motifs is 1. The second-order valence-corrected chi connectivity index (χ2v) is 5.23. The molecule has 0 radical (unpaired) electrons. The maximum absolute atomic E-state index is 11.6. The van der Waals surface area contributed by atoms with Gasteiger partial charge in [-0.15, -0.1) is 0 Å². The van der Waals surface area contributed by atoms with E-state index in [-0.39, 0.29) is 11.3 Å². The number of ether oxygens (including phenoxy) is 1. The average molecular weight is 308 g/mol. The van der Waals surface area contributed by atoms with Crippen LogP contribution in [-0.4, -0.2) is 23.4 Å². The van der Waals surface area contributed by atoms with E-state index < -0.39 is 0 Å². The van der Waals surface area contributed by atoms with Crippen molar-refractivity contribution in [2.24, 2.45) is 4.99 Å². The van der Waals surface area contributed by atoms with Crippen LogP contribution in [0.3, 0.4) is 0 Å². The lowest BCUT2D eigenvalue weighted by atomic mass is 10.1. The molecule has 0 aliphatic carbocycles. The highest BCUT2D eigenvalue weighted by atomic mass is 16.5. The number of H-pyrrole nitrogens is 1. The minimum Gasteiger partial charge on any atom is -0.507 e. The van der Waals surface area contributed by atoms with Gasteiger partial charge in [-0.3, -0.25) is 9.79 Å². The molecule has 116 valence electrons. The number of aryl methyl sites for hydroxylation is 1. The Hall–Kier alpha value is -3.08. The lowest BCUT2D eigenvalue weighted by molar-refractivity contribution is 0.407. The van der Waals surface area contributed by atoms with Crippen LogP contribution in [0.1, 0.15) is 11.1 Å². The normalized spacial score (nSPS) is 11.2. The molecular formula is C18H16N2O3. The zero-order valence-electron chi connectivity index (χ0n) is 12.8. The minimum atomic E-state index is -0.135. The molecule has 0 atom stereocenters. The molecule has 0 amide bonds. The van der Waals surface area contributed by atoms with Crippen LogP contribution in [-0.2, 0) is 0 Å². The smallest absolute Gasteiger partial charge is 0.248 e. The number of pyridine rings is 1. The number of nitrogens with zero attached hydrogens (tertiary/aromatic N) is 1. The highest BCUT2D eigenvalue weighted by Gasteiger charge is 2.02. The Morgan fingerprint density at radius 1 is 1.17 bits per heavy atom. The highest BCUT2D eigenvalue weighted by Crippen LogP contribution is 2.24. The van der Waals surface area contributed by atoms with Crippen molar-refractivity contribution in [3.63, 3.8) is 0 Å². The van der Waals surface area contributed by atoms with Gasteiger partial charge >= 0.3 is 0 Å². The Kier molecular flexibility index (Phi) is 3.85. The van der Waals surface area contributed by atoms with Crippen molar-refractivity contribution in [1.82, 2.24) is 4.98 Å². The van der Waals surface area contributed by atoms with Crippen LogP contribution in [0, 0.1) is 6.92 Å². The van der Waals surface area contributed by atoms with Crippen molar-refractivity contribution in [1.29, 1.82) is 0 Å². The van der Waals surface area contributed by atoms with E-state index in [2.05, 4.69) is 9.98 Å². The third-order valence-electron chi connectivity index (χ3n) is 3.62. The first-order valence-electron chi connectivity index (χ1n) is 7.11. The number of aromatic amines is 1. The van der Waals surface area contributed by atoms with E-state index in [0.717, 1.165) is 16.5 Å². The molecule has 2 N–H and O–H groups in total. The Morgan fingerprint density at radius 2 is 2.00 bits per heavy atom. The summed E-state index contributed by atoms with van der Waals surface area (Å²) in [5.41, 5.74) is 2.80. The van der Waals surface area contributed by atoms with E-state index >= 15 is 0 Å². The summed E-state index contributed by atoms with van der Waals surface area (Å²) in [5, 5.41) is 10.9. The quantitative estimate of drug-likeness (QED) is 0.729. The van der Waals surface area contributed by atoms with Crippen LogP contribution in [0.15, 0.2) is 52.3 Å². The Bertz CT molecular complexity index is 958. The standard InChI is InChI=1S/C18H16N2O3/c1-11-7-18(22)20-16-8-13(4-6-15(11)16)19-10-12-3-5-14(23-2)9-17(12)21/h3-10,21H,1-2H3,(H,20,22). The minimum absolute atomic E-state index is 0.0955. The van der Waals surface area contributed by atoms with Crippen LogP contribution < -0.4 is 10.3 Å². The van der Waals surface area contributed by atoms with E-state index in [1.54, 1.807) is 37.6 Å². The zero-order valence-corrected chi connectivity index (χ0v) is 12.8. The van der Waals surface area contributed by atoms with Gasteiger partial charge in [-0.2, -0.15) is 0 Å². The van der Waals surface area contributed by atoms with E-state index in [1.165, 1.54) is 6.07 Å². The molecule has 0 spiro atoms. The number of aromatic hydroxyl groups is 1. The van der Waals surface area contributed by atoms with Crippen LogP contribution in [0.2, 0.25) is 0 Å². The summed E-state index contributed by atoms with van der Waals surface area (Å²) in [5.74, 6) is 0.677. The molecule has 23 heavy (non-hydrogen) atoms. The number of hydrogen-bond donors (Lipinski definition) is 2. The molecule has 2 aromatic carbocycles. The molecule has 0 fully saturated rings. The molecule has 0 aliphatic rings. The maximum Gasteiger partial charge on any atom is 0.248 e. The first-order valence-corrected chi connectivity index (χ1v) is 7.11. The molecule has 0 unspecified atom stereocenters. The average Bonchev–Trinajstić information content (AvgIpc) is 2.53. The topological polar surface area (TPSA) is 74.7 Å². The molecule has 0 bridgehead atoms. The molecule has 3 aromatic rings. The molecule has 3 rings (SSSR count). The van der Waals surface area contributed by atoms with Crippen LogP contribution in [0.4, 0.5) is 5.69 Å². The van der Waals surface area contributed by atoms with Gasteiger partial charge < -0.3 is 14.8 Å². The second-order valence-electron chi connectivity index (χ2n) is 5.23. The summed E-state index contributed by atoms with van der Waals surface area (Å²) in [6, 6.07) is 12.2. The number of nitrogens with one attached hydrogen (secondary N) is 1. The lowest BCUT2D eigenvalue weighted by Crippen LogP contribution is -2.04. The van der Waals surface area contributed by atoms with Gasteiger partial charge in [0.2, 0.25) is 5.56 Å². The van der Waals surface area contributed by atoms with Gasteiger partial charge in [0.1, 0.15) is 11.5 Å². The Morgan fingerprint density at radius 3 is 2.74 bits per heavy atom. The largest absolute Gasteiger partial charge is 0.507 e. The van der Waals surface area contributed by atoms with E-state index in [9.17, 15) is 9.90 Å². The molecule has 5 heteroatoms. The lowest BCUT2D eigenvalue weighted by Gasteiger charge is -2.04. The molecular weight excluding hydrogens is 292 g/mol. The number of benzene rings is 2. The Balaban J connectivity index is 1.96. The monoisotopic (exact) mass is 308 g/mol. The summed E-state index contributed by atoms with van der Waals surface area (Å²) in [6.07, 6.45) is 1.57. The summed E-state index contributed by atoms with van der Waals surface area (Å²) < 4.78 is 5.05. The molecule has 0 saturated carbocycles. The van der Waals surface area contributed by atoms with Crippen molar-refractivity contribution < 1.29 is 9.84 Å². The fourth-order valence-corrected chi connectivity index (χ4v) is 2.41. The number of phenolic OH excluding ortho intramolecular Hbond substituents is 1. The highest BCUT2D eigenvalue weighted by molar-refractivity contribution is 5.88. The maximum atomic E-state index is 11.6.